The zero-order valence-corrected chi connectivity index (χ0v) is 13.9. The van der Waals surface area contributed by atoms with Crippen LogP contribution in [0.4, 0.5) is 5.82 Å². The number of fused-ring (bicyclic) bond motifs is 1. The summed E-state index contributed by atoms with van der Waals surface area (Å²) in [5, 5.41) is 4.82. The van der Waals surface area contributed by atoms with E-state index >= 15 is 0 Å². The topological polar surface area (TPSA) is 61.3 Å². The molecule has 0 radical (unpaired) electrons. The number of nitrogens with zero attached hydrogens (tertiary/aromatic N) is 1. The number of nitrogens with two attached hydrogens (primary N) is 1. The van der Waals surface area contributed by atoms with Crippen molar-refractivity contribution in [2.75, 3.05) is 12.8 Å². The maximum absolute atomic E-state index is 6.05. The number of rotatable bonds is 4. The average Bonchev–Trinajstić information content (AvgIpc) is 3.04. The predicted octanol–water partition coefficient (Wildman–Crippen LogP) is 4.68. The molecule has 0 aliphatic heterocycles. The van der Waals surface area contributed by atoms with E-state index < -0.39 is 0 Å². The number of anilines is 1. The fourth-order valence-electron chi connectivity index (χ4n) is 3.17. The van der Waals surface area contributed by atoms with Crippen LogP contribution in [0.1, 0.15) is 11.1 Å². The van der Waals surface area contributed by atoms with Gasteiger partial charge in [0.2, 0.25) is 0 Å². The minimum atomic E-state index is 0.424. The van der Waals surface area contributed by atoms with Crippen molar-refractivity contribution in [1.82, 2.24) is 5.16 Å². The molecule has 4 rings (SSSR count). The highest BCUT2D eigenvalue weighted by molar-refractivity contribution is 5.94. The molecule has 0 fully saturated rings. The highest BCUT2D eigenvalue weighted by Gasteiger charge is 2.15. The molecule has 0 bridgehead atoms. The third-order valence-electron chi connectivity index (χ3n) is 4.34. The van der Waals surface area contributed by atoms with Crippen LogP contribution in [-0.2, 0) is 6.42 Å². The fraction of sp³-hybridized carbons (Fsp3) is 0.0952. The summed E-state index contributed by atoms with van der Waals surface area (Å²) in [5.74, 6) is 1.24. The number of methoxy groups -OCH3 is 1. The second-order valence-electron chi connectivity index (χ2n) is 5.94. The standard InChI is InChI=1S/C21H18N2O2/c1-24-18-10-6-5-9-17(18)15-12-16(11-14-7-3-2-4-8-14)20-19(13-15)25-23-21(20)22/h2-10,12-13H,11H2,1H3,(H2,22,23). The largest absolute Gasteiger partial charge is 0.496 e. The molecule has 0 aliphatic carbocycles. The average molecular weight is 330 g/mol. The Morgan fingerprint density at radius 1 is 1.00 bits per heavy atom. The van der Waals surface area contributed by atoms with Crippen LogP contribution in [0.25, 0.3) is 22.1 Å². The summed E-state index contributed by atoms with van der Waals surface area (Å²) >= 11 is 0. The van der Waals surface area contributed by atoms with E-state index in [1.54, 1.807) is 7.11 Å². The summed E-state index contributed by atoms with van der Waals surface area (Å²) in [7, 11) is 1.68. The molecule has 0 saturated heterocycles. The van der Waals surface area contributed by atoms with Gasteiger partial charge in [-0.15, -0.1) is 0 Å². The van der Waals surface area contributed by atoms with E-state index in [0.717, 1.165) is 34.2 Å². The number of nitrogen functional groups attached to an aromatic ring is 1. The van der Waals surface area contributed by atoms with E-state index in [-0.39, 0.29) is 0 Å². The Bertz CT molecular complexity index is 1020. The van der Waals surface area contributed by atoms with E-state index in [0.29, 0.717) is 11.4 Å². The Balaban J connectivity index is 1.90. The van der Waals surface area contributed by atoms with Gasteiger partial charge in [0.15, 0.2) is 11.4 Å². The van der Waals surface area contributed by atoms with Crippen LogP contribution in [0.2, 0.25) is 0 Å². The molecule has 0 aliphatic rings. The molecular weight excluding hydrogens is 312 g/mol. The first-order valence-electron chi connectivity index (χ1n) is 8.11. The van der Waals surface area contributed by atoms with Gasteiger partial charge in [0.05, 0.1) is 12.5 Å². The van der Waals surface area contributed by atoms with Crippen LogP contribution >= 0.6 is 0 Å². The van der Waals surface area contributed by atoms with Gasteiger partial charge in [0.25, 0.3) is 0 Å². The maximum atomic E-state index is 6.05. The number of benzene rings is 3. The highest BCUT2D eigenvalue weighted by atomic mass is 16.5. The van der Waals surface area contributed by atoms with Crippen LogP contribution in [0.5, 0.6) is 5.75 Å². The lowest BCUT2D eigenvalue weighted by atomic mass is 9.95. The summed E-state index contributed by atoms with van der Waals surface area (Å²) in [5.41, 5.74) is 11.1. The van der Waals surface area contributed by atoms with E-state index in [4.69, 9.17) is 15.0 Å². The molecule has 1 heterocycles. The number of aromatic nitrogens is 1. The summed E-state index contributed by atoms with van der Waals surface area (Å²) in [4.78, 5) is 0. The van der Waals surface area contributed by atoms with Crippen molar-refractivity contribution < 1.29 is 9.26 Å². The summed E-state index contributed by atoms with van der Waals surface area (Å²) in [6, 6.07) is 22.3. The van der Waals surface area contributed by atoms with E-state index in [9.17, 15) is 0 Å². The predicted molar refractivity (Wildman–Crippen MR) is 99.7 cm³/mol. The van der Waals surface area contributed by atoms with Gasteiger partial charge in [0, 0.05) is 5.56 Å². The van der Waals surface area contributed by atoms with Gasteiger partial charge in [-0.1, -0.05) is 53.7 Å². The van der Waals surface area contributed by atoms with E-state index in [2.05, 4.69) is 23.4 Å². The lowest BCUT2D eigenvalue weighted by Crippen LogP contribution is -1.94. The molecule has 4 aromatic rings. The van der Waals surface area contributed by atoms with Crippen molar-refractivity contribution in [3.05, 3.63) is 77.9 Å². The summed E-state index contributed by atoms with van der Waals surface area (Å²) in [6.45, 7) is 0. The molecule has 3 aromatic carbocycles. The normalized spacial score (nSPS) is 10.9. The lowest BCUT2D eigenvalue weighted by molar-refractivity contribution is 0.416. The van der Waals surface area contributed by atoms with Gasteiger partial charge < -0.3 is 15.0 Å². The molecule has 124 valence electrons. The zero-order valence-electron chi connectivity index (χ0n) is 13.9. The first kappa shape index (κ1) is 15.3. The molecule has 0 amide bonds. The number of ether oxygens (including phenoxy) is 1. The van der Waals surface area contributed by atoms with Crippen molar-refractivity contribution in [3.63, 3.8) is 0 Å². The van der Waals surface area contributed by atoms with E-state index in [1.807, 2.05) is 48.5 Å². The zero-order chi connectivity index (χ0) is 17.2. The van der Waals surface area contributed by atoms with Gasteiger partial charge in [0.1, 0.15) is 5.75 Å². The smallest absolute Gasteiger partial charge is 0.175 e. The minimum absolute atomic E-state index is 0.424. The molecular formula is C21H18N2O2. The number of hydrogen-bond acceptors (Lipinski definition) is 4. The Morgan fingerprint density at radius 3 is 2.56 bits per heavy atom. The second kappa shape index (κ2) is 6.32. The van der Waals surface area contributed by atoms with Crippen molar-refractivity contribution in [2.24, 2.45) is 0 Å². The molecule has 4 nitrogen and oxygen atoms in total. The number of para-hydroxylation sites is 1. The molecule has 1 aromatic heterocycles. The van der Waals surface area contributed by atoms with Crippen LogP contribution in [0.3, 0.4) is 0 Å². The van der Waals surface area contributed by atoms with Gasteiger partial charge in [-0.25, -0.2) is 0 Å². The molecule has 2 N–H and O–H groups in total. The molecule has 25 heavy (non-hydrogen) atoms. The van der Waals surface area contributed by atoms with Crippen LogP contribution in [-0.4, -0.2) is 12.3 Å². The first-order chi connectivity index (χ1) is 12.3. The SMILES string of the molecule is COc1ccccc1-c1cc(Cc2ccccc2)c2c(N)noc2c1. The first-order valence-corrected chi connectivity index (χ1v) is 8.11. The third kappa shape index (κ3) is 2.83. The minimum Gasteiger partial charge on any atom is -0.496 e. The van der Waals surface area contributed by atoms with Crippen LogP contribution in [0, 0.1) is 0 Å². The van der Waals surface area contributed by atoms with Gasteiger partial charge >= 0.3 is 0 Å². The molecule has 0 unspecified atom stereocenters. The molecule has 0 spiro atoms. The van der Waals surface area contributed by atoms with Crippen LogP contribution in [0.15, 0.2) is 71.3 Å². The monoisotopic (exact) mass is 330 g/mol. The van der Waals surface area contributed by atoms with Crippen molar-refractivity contribution in [1.29, 1.82) is 0 Å². The fourth-order valence-corrected chi connectivity index (χ4v) is 3.17. The second-order valence-corrected chi connectivity index (χ2v) is 5.94. The van der Waals surface area contributed by atoms with Crippen LogP contribution < -0.4 is 10.5 Å². The Kier molecular flexibility index (Phi) is 3.86. The Morgan fingerprint density at radius 2 is 1.76 bits per heavy atom. The lowest BCUT2D eigenvalue weighted by Gasteiger charge is -2.11. The quantitative estimate of drug-likeness (QED) is 0.590. The van der Waals surface area contributed by atoms with Crippen molar-refractivity contribution >= 4 is 16.8 Å². The number of hydrogen-bond donors (Lipinski definition) is 1. The van der Waals surface area contributed by atoms with Gasteiger partial charge in [-0.05, 0) is 41.3 Å². The maximum Gasteiger partial charge on any atom is 0.175 e. The highest BCUT2D eigenvalue weighted by Crippen LogP contribution is 2.36. The Hall–Kier alpha value is -3.27. The molecule has 0 atom stereocenters. The van der Waals surface area contributed by atoms with Crippen molar-refractivity contribution in [3.8, 4) is 16.9 Å². The summed E-state index contributed by atoms with van der Waals surface area (Å²) < 4.78 is 11.0. The van der Waals surface area contributed by atoms with Gasteiger partial charge in [-0.2, -0.15) is 0 Å². The van der Waals surface area contributed by atoms with Crippen molar-refractivity contribution in [2.45, 2.75) is 6.42 Å². The van der Waals surface area contributed by atoms with Gasteiger partial charge in [-0.3, -0.25) is 0 Å². The third-order valence-corrected chi connectivity index (χ3v) is 4.34. The molecule has 0 saturated carbocycles. The van der Waals surface area contributed by atoms with E-state index in [1.165, 1.54) is 5.56 Å². The summed E-state index contributed by atoms with van der Waals surface area (Å²) in [6.07, 6.45) is 0.756. The Labute approximate surface area is 145 Å². The molecule has 4 heteroatoms.